The zero-order valence-electron chi connectivity index (χ0n) is 8.80. The molecule has 0 saturated carbocycles. The molecule has 3 nitrogen and oxygen atoms in total. The Morgan fingerprint density at radius 2 is 2.27 bits per heavy atom. The van der Waals surface area contributed by atoms with Crippen molar-refractivity contribution in [2.75, 3.05) is 0 Å². The fourth-order valence-corrected chi connectivity index (χ4v) is 2.23. The quantitative estimate of drug-likeness (QED) is 0.763. The molecule has 1 aromatic carbocycles. The largest absolute Gasteiger partial charge is 0.487 e. The van der Waals surface area contributed by atoms with Crippen molar-refractivity contribution >= 4 is 11.6 Å². The molecule has 0 aromatic heterocycles. The molecular formula is C11H14ClNO2. The Hall–Kier alpha value is -0.770. The molecule has 0 amide bonds. The zero-order chi connectivity index (χ0) is 11.1. The van der Waals surface area contributed by atoms with E-state index in [4.69, 9.17) is 21.5 Å². The monoisotopic (exact) mass is 227 g/mol. The Bertz CT molecular complexity index is 390. The van der Waals surface area contributed by atoms with Crippen molar-refractivity contribution in [1.29, 1.82) is 0 Å². The first-order valence-electron chi connectivity index (χ1n) is 4.89. The summed E-state index contributed by atoms with van der Waals surface area (Å²) in [5.74, 6) is 0.853. The second kappa shape index (κ2) is 3.67. The van der Waals surface area contributed by atoms with E-state index in [1.807, 2.05) is 26.0 Å². The first-order chi connectivity index (χ1) is 7.02. The first-order valence-corrected chi connectivity index (χ1v) is 5.27. The van der Waals surface area contributed by atoms with E-state index in [1.165, 1.54) is 0 Å². The van der Waals surface area contributed by atoms with Crippen molar-refractivity contribution in [3.63, 3.8) is 0 Å². The van der Waals surface area contributed by atoms with Gasteiger partial charge in [-0.05, 0) is 31.5 Å². The van der Waals surface area contributed by atoms with Gasteiger partial charge >= 0.3 is 0 Å². The molecule has 15 heavy (non-hydrogen) atoms. The van der Waals surface area contributed by atoms with Crippen LogP contribution in [0.4, 0.5) is 0 Å². The van der Waals surface area contributed by atoms with E-state index < -0.39 is 0 Å². The Kier molecular flexibility index (Phi) is 2.63. The van der Waals surface area contributed by atoms with Crippen LogP contribution in [0.15, 0.2) is 12.1 Å². The van der Waals surface area contributed by atoms with E-state index in [0.717, 1.165) is 23.3 Å². The van der Waals surface area contributed by atoms with Gasteiger partial charge in [0.25, 0.3) is 0 Å². The molecule has 0 bridgehead atoms. The van der Waals surface area contributed by atoms with E-state index in [9.17, 15) is 0 Å². The SMILES string of the molecule is CC1(C)Cc2cc(Cl)cc(CNO)c2O1. The van der Waals surface area contributed by atoms with Gasteiger partial charge in [0.1, 0.15) is 11.4 Å². The fourth-order valence-electron chi connectivity index (χ4n) is 1.96. The number of benzene rings is 1. The number of hydrogen-bond acceptors (Lipinski definition) is 3. The molecule has 0 unspecified atom stereocenters. The molecule has 4 heteroatoms. The lowest BCUT2D eigenvalue weighted by atomic mass is 10.0. The second-order valence-electron chi connectivity index (χ2n) is 4.43. The molecule has 2 rings (SSSR count). The van der Waals surface area contributed by atoms with E-state index in [0.29, 0.717) is 11.6 Å². The van der Waals surface area contributed by atoms with Gasteiger partial charge < -0.3 is 9.94 Å². The summed E-state index contributed by atoms with van der Waals surface area (Å²) >= 11 is 5.99. The van der Waals surface area contributed by atoms with Crippen LogP contribution < -0.4 is 10.2 Å². The van der Waals surface area contributed by atoms with Gasteiger partial charge in [-0.25, -0.2) is 5.48 Å². The number of hydroxylamine groups is 1. The van der Waals surface area contributed by atoms with E-state index in [-0.39, 0.29) is 5.60 Å². The van der Waals surface area contributed by atoms with Gasteiger partial charge in [-0.3, -0.25) is 0 Å². The van der Waals surface area contributed by atoms with Crippen molar-refractivity contribution < 1.29 is 9.94 Å². The highest BCUT2D eigenvalue weighted by Crippen LogP contribution is 2.39. The van der Waals surface area contributed by atoms with Crippen LogP contribution in [0.5, 0.6) is 5.75 Å². The predicted molar refractivity (Wildman–Crippen MR) is 58.5 cm³/mol. The Morgan fingerprint density at radius 3 is 2.93 bits per heavy atom. The van der Waals surface area contributed by atoms with Gasteiger partial charge in [-0.2, -0.15) is 0 Å². The molecule has 0 atom stereocenters. The Balaban J connectivity index is 2.43. The second-order valence-corrected chi connectivity index (χ2v) is 4.86. The minimum absolute atomic E-state index is 0.183. The van der Waals surface area contributed by atoms with E-state index >= 15 is 0 Å². The molecule has 0 fully saturated rings. The molecule has 1 aliphatic rings. The molecule has 0 saturated heterocycles. The van der Waals surface area contributed by atoms with Crippen molar-refractivity contribution in [2.24, 2.45) is 0 Å². The van der Waals surface area contributed by atoms with Crippen LogP contribution >= 0.6 is 11.6 Å². The van der Waals surface area contributed by atoms with Crippen LogP contribution in [0.1, 0.15) is 25.0 Å². The van der Waals surface area contributed by atoms with E-state index in [1.54, 1.807) is 0 Å². The molecule has 82 valence electrons. The van der Waals surface area contributed by atoms with Crippen LogP contribution in [0.2, 0.25) is 5.02 Å². The highest BCUT2D eigenvalue weighted by Gasteiger charge is 2.31. The standard InChI is InChI=1S/C11H14ClNO2/c1-11(2)5-7-3-9(12)4-8(6-13-14)10(7)15-11/h3-4,13-14H,5-6H2,1-2H3. The lowest BCUT2D eigenvalue weighted by Gasteiger charge is -2.18. The van der Waals surface area contributed by atoms with Gasteiger partial charge in [0.2, 0.25) is 0 Å². The molecule has 1 aromatic rings. The number of rotatable bonds is 2. The van der Waals surface area contributed by atoms with Gasteiger partial charge in [0.05, 0.1) is 0 Å². The summed E-state index contributed by atoms with van der Waals surface area (Å²) in [6.45, 7) is 4.42. The number of hydrogen-bond donors (Lipinski definition) is 2. The zero-order valence-corrected chi connectivity index (χ0v) is 9.56. The minimum Gasteiger partial charge on any atom is -0.487 e. The third-order valence-electron chi connectivity index (χ3n) is 2.47. The molecule has 0 spiro atoms. The number of ether oxygens (including phenoxy) is 1. The molecule has 1 aliphatic heterocycles. The van der Waals surface area contributed by atoms with Crippen LogP contribution in [-0.2, 0) is 13.0 Å². The summed E-state index contributed by atoms with van der Waals surface area (Å²) in [5.41, 5.74) is 3.95. The third kappa shape index (κ3) is 2.09. The van der Waals surface area contributed by atoms with Gasteiger partial charge in [-0.15, -0.1) is 0 Å². The normalized spacial score (nSPS) is 17.3. The van der Waals surface area contributed by atoms with Crippen molar-refractivity contribution in [3.8, 4) is 5.75 Å². The lowest BCUT2D eigenvalue weighted by Crippen LogP contribution is -2.25. The van der Waals surface area contributed by atoms with Crippen LogP contribution in [0.25, 0.3) is 0 Å². The van der Waals surface area contributed by atoms with Crippen molar-refractivity contribution in [2.45, 2.75) is 32.4 Å². The number of fused-ring (bicyclic) bond motifs is 1. The van der Waals surface area contributed by atoms with Crippen LogP contribution in [0, 0.1) is 0 Å². The smallest absolute Gasteiger partial charge is 0.128 e. The Labute approximate surface area is 94.0 Å². The van der Waals surface area contributed by atoms with Crippen LogP contribution in [-0.4, -0.2) is 10.8 Å². The van der Waals surface area contributed by atoms with Gasteiger partial charge in [0.15, 0.2) is 0 Å². The van der Waals surface area contributed by atoms with Crippen molar-refractivity contribution in [1.82, 2.24) is 5.48 Å². The third-order valence-corrected chi connectivity index (χ3v) is 2.69. The highest BCUT2D eigenvalue weighted by atomic mass is 35.5. The summed E-state index contributed by atoms with van der Waals surface area (Å²) in [6, 6.07) is 3.73. The Morgan fingerprint density at radius 1 is 1.53 bits per heavy atom. The van der Waals surface area contributed by atoms with Crippen molar-refractivity contribution in [3.05, 3.63) is 28.3 Å². The lowest BCUT2D eigenvalue weighted by molar-refractivity contribution is 0.131. The molecule has 2 N–H and O–H groups in total. The topological polar surface area (TPSA) is 41.5 Å². The predicted octanol–water partition coefficient (Wildman–Crippen LogP) is 2.53. The molecule has 1 heterocycles. The average Bonchev–Trinajstić information content (AvgIpc) is 2.40. The van der Waals surface area contributed by atoms with E-state index in [2.05, 4.69) is 5.48 Å². The average molecular weight is 228 g/mol. The minimum atomic E-state index is -0.183. The molecule has 0 radical (unpaired) electrons. The van der Waals surface area contributed by atoms with Gasteiger partial charge in [-0.1, -0.05) is 11.6 Å². The first kappa shape index (κ1) is 10.7. The fraction of sp³-hybridized carbons (Fsp3) is 0.455. The molecular weight excluding hydrogens is 214 g/mol. The maximum Gasteiger partial charge on any atom is 0.128 e. The number of nitrogens with one attached hydrogen (secondary N) is 1. The summed E-state index contributed by atoms with van der Waals surface area (Å²) in [7, 11) is 0. The maximum atomic E-state index is 8.72. The summed E-state index contributed by atoms with van der Waals surface area (Å²) < 4.78 is 5.82. The summed E-state index contributed by atoms with van der Waals surface area (Å²) in [5, 5.41) is 9.40. The number of halogens is 1. The molecule has 0 aliphatic carbocycles. The van der Waals surface area contributed by atoms with Gasteiger partial charge in [0, 0.05) is 23.6 Å². The van der Waals surface area contributed by atoms with Crippen LogP contribution in [0.3, 0.4) is 0 Å². The highest BCUT2D eigenvalue weighted by molar-refractivity contribution is 6.30. The maximum absolute atomic E-state index is 8.72. The summed E-state index contributed by atoms with van der Waals surface area (Å²) in [6.07, 6.45) is 0.849. The summed E-state index contributed by atoms with van der Waals surface area (Å²) in [4.78, 5) is 0.